The second kappa shape index (κ2) is 7.86. The molecule has 1 heteroatoms. The zero-order chi connectivity index (χ0) is 13.4. The van der Waals surface area contributed by atoms with E-state index in [2.05, 4.69) is 62.2 Å². The van der Waals surface area contributed by atoms with E-state index >= 15 is 0 Å². The minimum atomic E-state index is 0.517. The van der Waals surface area contributed by atoms with Gasteiger partial charge in [0.25, 0.3) is 0 Å². The molecule has 0 heterocycles. The van der Waals surface area contributed by atoms with Gasteiger partial charge in [-0.2, -0.15) is 0 Å². The zero-order valence-electron chi connectivity index (χ0n) is 12.0. The highest BCUT2D eigenvalue weighted by molar-refractivity contribution is 5.85. The Hall–Kier alpha value is -1.37. The van der Waals surface area contributed by atoms with Crippen molar-refractivity contribution in [2.45, 2.75) is 34.1 Å². The smallest absolute Gasteiger partial charge is 0.0224 e. The van der Waals surface area contributed by atoms with Crippen LogP contribution >= 0.6 is 0 Å². The van der Waals surface area contributed by atoms with Crippen molar-refractivity contribution < 1.29 is 0 Å². The van der Waals surface area contributed by atoms with Gasteiger partial charge in [-0.25, -0.2) is 0 Å². The molecule has 1 aliphatic rings. The lowest BCUT2D eigenvalue weighted by Crippen LogP contribution is -2.20. The lowest BCUT2D eigenvalue weighted by Gasteiger charge is -2.23. The van der Waals surface area contributed by atoms with Gasteiger partial charge >= 0.3 is 0 Å². The van der Waals surface area contributed by atoms with E-state index in [1.807, 2.05) is 19.2 Å². The Morgan fingerprint density at radius 1 is 1.17 bits per heavy atom. The van der Waals surface area contributed by atoms with Gasteiger partial charge in [-0.3, -0.25) is 4.99 Å². The molecule has 18 heavy (non-hydrogen) atoms. The third kappa shape index (κ3) is 4.87. The molecule has 98 valence electrons. The SMILES string of the molecule is C/C=C\N=C(/C)C(CC1C=CC=CC=C1)C(C)C. The monoisotopic (exact) mass is 243 g/mol. The topological polar surface area (TPSA) is 12.4 Å². The summed E-state index contributed by atoms with van der Waals surface area (Å²) in [5, 5.41) is 0. The summed E-state index contributed by atoms with van der Waals surface area (Å²) in [6, 6.07) is 0. The predicted octanol–water partition coefficient (Wildman–Crippen LogP) is 4.94. The average Bonchev–Trinajstić information content (AvgIpc) is 2.61. The molecule has 1 aliphatic carbocycles. The molecular formula is C17H25N. The molecule has 0 aromatic rings. The van der Waals surface area contributed by atoms with Gasteiger partial charge < -0.3 is 0 Å². The fraction of sp³-hybridized carbons (Fsp3) is 0.471. The Morgan fingerprint density at radius 2 is 1.78 bits per heavy atom. The molecule has 0 aromatic heterocycles. The van der Waals surface area contributed by atoms with Crippen LogP contribution in [0, 0.1) is 17.8 Å². The molecule has 0 radical (unpaired) electrons. The van der Waals surface area contributed by atoms with Gasteiger partial charge in [-0.15, -0.1) is 0 Å². The molecule has 1 unspecified atom stereocenters. The molecule has 0 amide bonds. The Labute approximate surface area is 112 Å². The van der Waals surface area contributed by atoms with Gasteiger partial charge in [0.2, 0.25) is 0 Å². The van der Waals surface area contributed by atoms with Gasteiger partial charge in [-0.1, -0.05) is 56.4 Å². The van der Waals surface area contributed by atoms with Crippen LogP contribution in [0.3, 0.4) is 0 Å². The molecule has 1 atom stereocenters. The number of nitrogens with zero attached hydrogens (tertiary/aromatic N) is 1. The van der Waals surface area contributed by atoms with Crippen molar-refractivity contribution in [3.63, 3.8) is 0 Å². The largest absolute Gasteiger partial charge is 0.266 e. The Kier molecular flexibility index (Phi) is 6.42. The minimum Gasteiger partial charge on any atom is -0.266 e. The van der Waals surface area contributed by atoms with E-state index in [9.17, 15) is 0 Å². The predicted molar refractivity (Wildman–Crippen MR) is 81.8 cm³/mol. The van der Waals surface area contributed by atoms with Gasteiger partial charge in [0.15, 0.2) is 0 Å². The van der Waals surface area contributed by atoms with Crippen LogP contribution in [0.1, 0.15) is 34.1 Å². The van der Waals surface area contributed by atoms with Crippen molar-refractivity contribution in [2.75, 3.05) is 0 Å². The molecule has 0 saturated heterocycles. The molecule has 0 aromatic carbocycles. The number of rotatable bonds is 5. The second-order valence-electron chi connectivity index (χ2n) is 5.16. The lowest BCUT2D eigenvalue weighted by atomic mass is 9.83. The third-order valence-corrected chi connectivity index (χ3v) is 3.34. The first-order valence-corrected chi connectivity index (χ1v) is 6.82. The molecule has 0 aliphatic heterocycles. The second-order valence-corrected chi connectivity index (χ2v) is 5.16. The van der Waals surface area contributed by atoms with E-state index < -0.39 is 0 Å². The summed E-state index contributed by atoms with van der Waals surface area (Å²) in [6.45, 7) is 8.71. The first-order chi connectivity index (χ1) is 8.65. The van der Waals surface area contributed by atoms with E-state index in [1.165, 1.54) is 5.71 Å². The van der Waals surface area contributed by atoms with E-state index in [0.717, 1.165) is 6.42 Å². The van der Waals surface area contributed by atoms with Crippen molar-refractivity contribution in [1.29, 1.82) is 0 Å². The molecule has 0 bridgehead atoms. The van der Waals surface area contributed by atoms with Crippen LogP contribution in [0.2, 0.25) is 0 Å². The summed E-state index contributed by atoms with van der Waals surface area (Å²) in [5.74, 6) is 1.68. The van der Waals surface area contributed by atoms with Crippen molar-refractivity contribution in [3.05, 3.63) is 48.7 Å². The molecule has 0 fully saturated rings. The van der Waals surface area contributed by atoms with Crippen molar-refractivity contribution in [1.82, 2.24) is 0 Å². The van der Waals surface area contributed by atoms with Gasteiger partial charge in [-0.05, 0) is 32.1 Å². The van der Waals surface area contributed by atoms with Gasteiger partial charge in [0, 0.05) is 17.8 Å². The number of allylic oxidation sites excluding steroid dienone is 7. The first-order valence-electron chi connectivity index (χ1n) is 6.82. The highest BCUT2D eigenvalue weighted by Crippen LogP contribution is 2.25. The minimum absolute atomic E-state index is 0.517. The zero-order valence-corrected chi connectivity index (χ0v) is 12.0. The number of hydrogen-bond acceptors (Lipinski definition) is 1. The molecule has 1 nitrogen and oxygen atoms in total. The van der Waals surface area contributed by atoms with Crippen LogP contribution in [0.15, 0.2) is 53.7 Å². The maximum Gasteiger partial charge on any atom is 0.0224 e. The average molecular weight is 243 g/mol. The highest BCUT2D eigenvalue weighted by atomic mass is 14.7. The summed E-state index contributed by atoms with van der Waals surface area (Å²) in [6.07, 6.45) is 18.0. The van der Waals surface area contributed by atoms with Crippen LogP contribution in [-0.4, -0.2) is 5.71 Å². The summed E-state index contributed by atoms with van der Waals surface area (Å²) in [4.78, 5) is 4.53. The van der Waals surface area contributed by atoms with Gasteiger partial charge in [0.05, 0.1) is 0 Å². The summed E-state index contributed by atoms with van der Waals surface area (Å²) in [5.41, 5.74) is 1.24. The van der Waals surface area contributed by atoms with Crippen molar-refractivity contribution in [2.24, 2.45) is 22.7 Å². The Morgan fingerprint density at radius 3 is 2.28 bits per heavy atom. The third-order valence-electron chi connectivity index (χ3n) is 3.34. The van der Waals surface area contributed by atoms with Crippen LogP contribution in [0.4, 0.5) is 0 Å². The standard InChI is InChI=1S/C17H25N/c1-5-12-18-15(4)17(14(2)3)13-16-10-8-6-7-9-11-16/h5-12,14,16-17H,13H2,1-4H3/b12-5-,18-15+. The quantitative estimate of drug-likeness (QED) is 0.606. The Balaban J connectivity index is 2.74. The number of hydrogen-bond donors (Lipinski definition) is 0. The molecule has 0 N–H and O–H groups in total. The molecule has 1 rings (SSSR count). The summed E-state index contributed by atoms with van der Waals surface area (Å²) >= 11 is 0. The van der Waals surface area contributed by atoms with Crippen LogP contribution in [-0.2, 0) is 0 Å². The Bertz CT molecular complexity index is 364. The molecular weight excluding hydrogens is 218 g/mol. The summed E-state index contributed by atoms with van der Waals surface area (Å²) < 4.78 is 0. The maximum absolute atomic E-state index is 4.53. The highest BCUT2D eigenvalue weighted by Gasteiger charge is 2.19. The number of aliphatic imine (C=N–C) groups is 1. The van der Waals surface area contributed by atoms with Crippen LogP contribution in [0.25, 0.3) is 0 Å². The van der Waals surface area contributed by atoms with E-state index in [4.69, 9.17) is 0 Å². The summed E-state index contributed by atoms with van der Waals surface area (Å²) in [7, 11) is 0. The van der Waals surface area contributed by atoms with E-state index in [0.29, 0.717) is 17.8 Å². The van der Waals surface area contributed by atoms with Crippen molar-refractivity contribution >= 4 is 5.71 Å². The maximum atomic E-state index is 4.53. The van der Waals surface area contributed by atoms with E-state index in [-0.39, 0.29) is 0 Å². The molecule has 0 saturated carbocycles. The van der Waals surface area contributed by atoms with Gasteiger partial charge in [0.1, 0.15) is 0 Å². The normalized spacial score (nSPS) is 18.8. The van der Waals surface area contributed by atoms with Crippen molar-refractivity contribution in [3.8, 4) is 0 Å². The van der Waals surface area contributed by atoms with Crippen LogP contribution < -0.4 is 0 Å². The van der Waals surface area contributed by atoms with E-state index in [1.54, 1.807) is 0 Å². The fourth-order valence-electron chi connectivity index (χ4n) is 2.27. The molecule has 0 spiro atoms. The first kappa shape index (κ1) is 14.7. The fourth-order valence-corrected chi connectivity index (χ4v) is 2.27. The lowest BCUT2D eigenvalue weighted by molar-refractivity contribution is 0.435. The van der Waals surface area contributed by atoms with Crippen LogP contribution in [0.5, 0.6) is 0 Å².